The number of hydrogen-bond donors (Lipinski definition) is 0. The van der Waals surface area contributed by atoms with Gasteiger partial charge in [-0.15, -0.1) is 0 Å². The number of rotatable bonds is 5. The van der Waals surface area contributed by atoms with Crippen LogP contribution < -0.4 is 4.74 Å². The standard InChI is InChI=1S/C15H21NO3/c1-18-11-13-7-9-16(10-8-13)15(17)12-19-14-5-3-2-4-6-14/h2-6,13H,7-12H2,1H3. The maximum atomic E-state index is 12.0. The lowest BCUT2D eigenvalue weighted by atomic mass is 9.98. The van der Waals surface area contributed by atoms with Crippen molar-refractivity contribution < 1.29 is 14.3 Å². The molecule has 1 aromatic carbocycles. The maximum absolute atomic E-state index is 12.0. The fourth-order valence-electron chi connectivity index (χ4n) is 2.34. The topological polar surface area (TPSA) is 38.8 Å². The van der Waals surface area contributed by atoms with Crippen LogP contribution in [-0.4, -0.2) is 44.2 Å². The molecule has 4 heteroatoms. The Morgan fingerprint density at radius 2 is 1.95 bits per heavy atom. The predicted octanol–water partition coefficient (Wildman–Crippen LogP) is 1.95. The van der Waals surface area contributed by atoms with Crippen LogP contribution in [0.2, 0.25) is 0 Å². The summed E-state index contributed by atoms with van der Waals surface area (Å²) in [6.45, 7) is 2.54. The van der Waals surface area contributed by atoms with Crippen LogP contribution in [0.3, 0.4) is 0 Å². The zero-order chi connectivity index (χ0) is 13.5. The highest BCUT2D eigenvalue weighted by Crippen LogP contribution is 2.17. The van der Waals surface area contributed by atoms with Crippen molar-refractivity contribution in [2.24, 2.45) is 5.92 Å². The normalized spacial score (nSPS) is 16.4. The van der Waals surface area contributed by atoms with Crippen LogP contribution in [0.4, 0.5) is 0 Å². The van der Waals surface area contributed by atoms with Crippen molar-refractivity contribution >= 4 is 5.91 Å². The molecule has 1 aromatic rings. The Balaban J connectivity index is 1.73. The molecule has 1 saturated heterocycles. The van der Waals surface area contributed by atoms with E-state index in [4.69, 9.17) is 9.47 Å². The van der Waals surface area contributed by atoms with Gasteiger partial charge in [0.05, 0.1) is 0 Å². The van der Waals surface area contributed by atoms with E-state index in [0.717, 1.165) is 38.3 Å². The van der Waals surface area contributed by atoms with E-state index in [0.29, 0.717) is 5.92 Å². The molecule has 1 aliphatic rings. The lowest BCUT2D eigenvalue weighted by Gasteiger charge is -2.31. The zero-order valence-corrected chi connectivity index (χ0v) is 11.4. The van der Waals surface area contributed by atoms with Crippen molar-refractivity contribution in [1.29, 1.82) is 0 Å². The van der Waals surface area contributed by atoms with Crippen molar-refractivity contribution in [3.05, 3.63) is 30.3 Å². The van der Waals surface area contributed by atoms with Gasteiger partial charge in [0.15, 0.2) is 6.61 Å². The summed E-state index contributed by atoms with van der Waals surface area (Å²) in [4.78, 5) is 13.9. The van der Waals surface area contributed by atoms with E-state index in [1.54, 1.807) is 7.11 Å². The molecule has 0 atom stereocenters. The minimum absolute atomic E-state index is 0.0692. The van der Waals surface area contributed by atoms with E-state index < -0.39 is 0 Å². The van der Waals surface area contributed by atoms with Gasteiger partial charge in [-0.25, -0.2) is 0 Å². The molecule has 0 unspecified atom stereocenters. The van der Waals surface area contributed by atoms with Crippen LogP contribution in [0.15, 0.2) is 30.3 Å². The van der Waals surface area contributed by atoms with Gasteiger partial charge in [-0.1, -0.05) is 18.2 Å². The number of piperidine rings is 1. The number of carbonyl (C=O) groups is 1. The minimum atomic E-state index is 0.0692. The van der Waals surface area contributed by atoms with Gasteiger partial charge in [0.25, 0.3) is 5.91 Å². The number of ether oxygens (including phenoxy) is 2. The van der Waals surface area contributed by atoms with E-state index in [9.17, 15) is 4.79 Å². The lowest BCUT2D eigenvalue weighted by Crippen LogP contribution is -2.41. The average Bonchev–Trinajstić information content (AvgIpc) is 2.47. The molecule has 0 bridgehead atoms. The van der Waals surface area contributed by atoms with Crippen molar-refractivity contribution in [2.45, 2.75) is 12.8 Å². The molecule has 2 rings (SSSR count). The summed E-state index contributed by atoms with van der Waals surface area (Å²) in [5.74, 6) is 1.40. The fourth-order valence-corrected chi connectivity index (χ4v) is 2.34. The van der Waals surface area contributed by atoms with Crippen molar-refractivity contribution in [2.75, 3.05) is 33.4 Å². The summed E-state index contributed by atoms with van der Waals surface area (Å²) in [5, 5.41) is 0. The van der Waals surface area contributed by atoms with Gasteiger partial charge < -0.3 is 14.4 Å². The summed E-state index contributed by atoms with van der Waals surface area (Å²) in [6, 6.07) is 9.44. The fraction of sp³-hybridized carbons (Fsp3) is 0.533. The Hall–Kier alpha value is -1.55. The Labute approximate surface area is 114 Å². The highest BCUT2D eigenvalue weighted by Gasteiger charge is 2.22. The molecule has 0 aliphatic carbocycles. The molecule has 0 spiro atoms. The van der Waals surface area contributed by atoms with Crippen LogP contribution in [0.5, 0.6) is 5.75 Å². The van der Waals surface area contributed by atoms with E-state index in [2.05, 4.69) is 0 Å². The molecule has 4 nitrogen and oxygen atoms in total. The molecule has 0 aromatic heterocycles. The highest BCUT2D eigenvalue weighted by atomic mass is 16.5. The first-order valence-electron chi connectivity index (χ1n) is 6.74. The Kier molecular flexibility index (Phi) is 5.21. The number of carbonyl (C=O) groups excluding carboxylic acids is 1. The molecular formula is C15H21NO3. The van der Waals surface area contributed by atoms with E-state index in [1.165, 1.54) is 0 Å². The number of para-hydroxylation sites is 1. The summed E-state index contributed by atoms with van der Waals surface area (Å²) < 4.78 is 10.6. The number of hydrogen-bond acceptors (Lipinski definition) is 3. The third kappa shape index (κ3) is 4.24. The Morgan fingerprint density at radius 3 is 2.58 bits per heavy atom. The van der Waals surface area contributed by atoms with Crippen LogP contribution in [0.25, 0.3) is 0 Å². The summed E-state index contributed by atoms with van der Waals surface area (Å²) in [7, 11) is 1.73. The predicted molar refractivity (Wildman–Crippen MR) is 73.1 cm³/mol. The Bertz CT molecular complexity index is 386. The monoisotopic (exact) mass is 263 g/mol. The number of nitrogens with zero attached hydrogens (tertiary/aromatic N) is 1. The lowest BCUT2D eigenvalue weighted by molar-refractivity contribution is -0.135. The first kappa shape index (κ1) is 13.9. The zero-order valence-electron chi connectivity index (χ0n) is 11.4. The van der Waals surface area contributed by atoms with E-state index in [-0.39, 0.29) is 12.5 Å². The third-order valence-electron chi connectivity index (χ3n) is 3.48. The van der Waals surface area contributed by atoms with Crippen molar-refractivity contribution in [3.8, 4) is 5.75 Å². The number of benzene rings is 1. The smallest absolute Gasteiger partial charge is 0.260 e. The van der Waals surface area contributed by atoms with Crippen molar-refractivity contribution in [3.63, 3.8) is 0 Å². The minimum Gasteiger partial charge on any atom is -0.484 e. The molecule has 1 amide bonds. The van der Waals surface area contributed by atoms with Crippen LogP contribution in [0, 0.1) is 5.92 Å². The Morgan fingerprint density at radius 1 is 1.26 bits per heavy atom. The molecule has 1 fully saturated rings. The molecule has 1 heterocycles. The van der Waals surface area contributed by atoms with Crippen LogP contribution in [0.1, 0.15) is 12.8 Å². The number of amides is 1. The molecule has 19 heavy (non-hydrogen) atoms. The summed E-state index contributed by atoms with van der Waals surface area (Å²) in [5.41, 5.74) is 0. The number of methoxy groups -OCH3 is 1. The molecule has 0 radical (unpaired) electrons. The largest absolute Gasteiger partial charge is 0.484 e. The molecule has 0 N–H and O–H groups in total. The van der Waals surface area contributed by atoms with Gasteiger partial charge in [0.1, 0.15) is 5.75 Å². The first-order chi connectivity index (χ1) is 9.29. The summed E-state index contributed by atoms with van der Waals surface area (Å²) in [6.07, 6.45) is 2.04. The first-order valence-corrected chi connectivity index (χ1v) is 6.74. The highest BCUT2D eigenvalue weighted by molar-refractivity contribution is 5.77. The van der Waals surface area contributed by atoms with Crippen molar-refractivity contribution in [1.82, 2.24) is 4.90 Å². The third-order valence-corrected chi connectivity index (χ3v) is 3.48. The second-order valence-electron chi connectivity index (χ2n) is 4.88. The maximum Gasteiger partial charge on any atom is 0.260 e. The molecular weight excluding hydrogens is 242 g/mol. The second-order valence-corrected chi connectivity index (χ2v) is 4.88. The SMILES string of the molecule is COCC1CCN(C(=O)COc2ccccc2)CC1. The van der Waals surface area contributed by atoms with Gasteiger partial charge in [0, 0.05) is 26.8 Å². The molecule has 0 saturated carbocycles. The van der Waals surface area contributed by atoms with Gasteiger partial charge in [0.2, 0.25) is 0 Å². The van der Waals surface area contributed by atoms with Gasteiger partial charge in [-0.2, -0.15) is 0 Å². The summed E-state index contributed by atoms with van der Waals surface area (Å²) >= 11 is 0. The molecule has 1 aliphatic heterocycles. The molecule has 104 valence electrons. The second kappa shape index (κ2) is 7.14. The average molecular weight is 263 g/mol. The van der Waals surface area contributed by atoms with E-state index in [1.807, 2.05) is 35.2 Å². The van der Waals surface area contributed by atoms with Gasteiger partial charge >= 0.3 is 0 Å². The van der Waals surface area contributed by atoms with Crippen LogP contribution in [-0.2, 0) is 9.53 Å². The van der Waals surface area contributed by atoms with Gasteiger partial charge in [-0.05, 0) is 30.9 Å². The van der Waals surface area contributed by atoms with E-state index >= 15 is 0 Å². The van der Waals surface area contributed by atoms with Crippen LogP contribution >= 0.6 is 0 Å². The van der Waals surface area contributed by atoms with Gasteiger partial charge in [-0.3, -0.25) is 4.79 Å². The number of likely N-dealkylation sites (tertiary alicyclic amines) is 1. The quantitative estimate of drug-likeness (QED) is 0.815.